The van der Waals surface area contributed by atoms with Crippen LogP contribution in [0, 0.1) is 11.3 Å². The predicted octanol–water partition coefficient (Wildman–Crippen LogP) is 3.21. The van der Waals surface area contributed by atoms with Gasteiger partial charge in [-0.15, -0.1) is 10.2 Å². The lowest BCUT2D eigenvalue weighted by atomic mass is 10.0. The molecule has 1 N–H and O–H groups in total. The number of benzene rings is 1. The van der Waals surface area contributed by atoms with E-state index in [1.807, 2.05) is 35.2 Å². The number of carbonyl (C=O) groups is 1. The van der Waals surface area contributed by atoms with Crippen LogP contribution in [0.5, 0.6) is 0 Å². The Morgan fingerprint density at radius 2 is 1.93 bits per heavy atom. The Hall–Kier alpha value is -3.14. The minimum Gasteiger partial charge on any atom is -0.349 e. The van der Waals surface area contributed by atoms with Gasteiger partial charge in [0, 0.05) is 31.4 Å². The normalized spacial score (nSPS) is 16.9. The van der Waals surface area contributed by atoms with Crippen molar-refractivity contribution in [3.05, 3.63) is 47.7 Å². The third-order valence-electron chi connectivity index (χ3n) is 4.80. The number of nitrogens with zero attached hydrogens (tertiary/aromatic N) is 5. The third kappa shape index (κ3) is 4.34. The summed E-state index contributed by atoms with van der Waals surface area (Å²) in [5.74, 6) is 1.19. The number of aromatic nitrogens is 2. The monoisotopic (exact) mass is 364 g/mol. The summed E-state index contributed by atoms with van der Waals surface area (Å²) in [5.41, 5.74) is 2.35. The molecule has 1 atom stereocenters. The van der Waals surface area contributed by atoms with E-state index in [2.05, 4.69) is 41.2 Å². The second-order valence-corrected chi connectivity index (χ2v) is 7.08. The summed E-state index contributed by atoms with van der Waals surface area (Å²) >= 11 is 0. The van der Waals surface area contributed by atoms with Gasteiger partial charge < -0.3 is 15.1 Å². The van der Waals surface area contributed by atoms with Crippen LogP contribution in [0.3, 0.4) is 0 Å². The van der Waals surface area contributed by atoms with E-state index in [4.69, 9.17) is 5.26 Å². The lowest BCUT2D eigenvalue weighted by Gasteiger charge is -2.40. The van der Waals surface area contributed by atoms with E-state index in [-0.39, 0.29) is 12.1 Å². The standard InChI is InChI=1S/C20H24N6O/c1-14(2)16-4-6-17(7-5-16)22-20(27)25-10-11-26(15(3)13-25)19-9-8-18(12-21)23-24-19/h4-9,14-15H,10-11,13H2,1-3H3,(H,22,27)/t15-/m1/s1. The van der Waals surface area contributed by atoms with E-state index in [1.165, 1.54) is 5.56 Å². The van der Waals surface area contributed by atoms with Crippen LogP contribution in [-0.2, 0) is 0 Å². The molecule has 140 valence electrons. The molecule has 0 saturated carbocycles. The van der Waals surface area contributed by atoms with Crippen LogP contribution < -0.4 is 10.2 Å². The Labute approximate surface area is 159 Å². The Morgan fingerprint density at radius 3 is 2.48 bits per heavy atom. The predicted molar refractivity (Wildman–Crippen MR) is 105 cm³/mol. The number of hydrogen-bond acceptors (Lipinski definition) is 5. The first kappa shape index (κ1) is 18.6. The fourth-order valence-corrected chi connectivity index (χ4v) is 3.17. The molecule has 1 aromatic carbocycles. The van der Waals surface area contributed by atoms with Crippen molar-refractivity contribution in [3.63, 3.8) is 0 Å². The molecule has 0 radical (unpaired) electrons. The maximum Gasteiger partial charge on any atom is 0.321 e. The number of nitriles is 1. The summed E-state index contributed by atoms with van der Waals surface area (Å²) in [6.07, 6.45) is 0. The molecule has 27 heavy (non-hydrogen) atoms. The average Bonchev–Trinajstić information content (AvgIpc) is 2.68. The summed E-state index contributed by atoms with van der Waals surface area (Å²) in [7, 11) is 0. The molecule has 1 saturated heterocycles. The minimum absolute atomic E-state index is 0.0929. The first-order chi connectivity index (χ1) is 13.0. The SMILES string of the molecule is CC(C)c1ccc(NC(=O)N2CCN(c3ccc(C#N)nn3)[C@H](C)C2)cc1. The van der Waals surface area contributed by atoms with Crippen molar-refractivity contribution in [2.45, 2.75) is 32.7 Å². The first-order valence-corrected chi connectivity index (χ1v) is 9.14. The van der Waals surface area contributed by atoms with E-state index < -0.39 is 0 Å². The van der Waals surface area contributed by atoms with Gasteiger partial charge in [0.05, 0.1) is 0 Å². The fourth-order valence-electron chi connectivity index (χ4n) is 3.17. The Balaban J connectivity index is 1.59. The molecule has 0 unspecified atom stereocenters. The smallest absolute Gasteiger partial charge is 0.321 e. The molecule has 2 aromatic rings. The van der Waals surface area contributed by atoms with Gasteiger partial charge in [0.2, 0.25) is 0 Å². The maximum atomic E-state index is 12.6. The lowest BCUT2D eigenvalue weighted by molar-refractivity contribution is 0.200. The highest BCUT2D eigenvalue weighted by Gasteiger charge is 2.27. The number of nitrogens with one attached hydrogen (secondary N) is 1. The second-order valence-electron chi connectivity index (χ2n) is 7.08. The van der Waals surface area contributed by atoms with Crippen molar-refractivity contribution >= 4 is 17.5 Å². The molecule has 2 heterocycles. The van der Waals surface area contributed by atoms with Crippen molar-refractivity contribution in [1.29, 1.82) is 5.26 Å². The molecule has 7 heteroatoms. The van der Waals surface area contributed by atoms with E-state index in [9.17, 15) is 4.79 Å². The van der Waals surface area contributed by atoms with Crippen LogP contribution >= 0.6 is 0 Å². The maximum absolute atomic E-state index is 12.6. The molecule has 0 bridgehead atoms. The molecule has 0 spiro atoms. The topological polar surface area (TPSA) is 85.2 Å². The molecule has 1 aromatic heterocycles. The summed E-state index contributed by atoms with van der Waals surface area (Å²) < 4.78 is 0. The van der Waals surface area contributed by atoms with Crippen molar-refractivity contribution in [1.82, 2.24) is 15.1 Å². The molecule has 2 amide bonds. The van der Waals surface area contributed by atoms with Crippen molar-refractivity contribution in [2.75, 3.05) is 29.9 Å². The number of piperazine rings is 1. The third-order valence-corrected chi connectivity index (χ3v) is 4.80. The average molecular weight is 364 g/mol. The molecule has 1 fully saturated rings. The molecule has 1 aliphatic rings. The largest absolute Gasteiger partial charge is 0.349 e. The van der Waals surface area contributed by atoms with Gasteiger partial charge in [-0.25, -0.2) is 4.79 Å². The Bertz CT molecular complexity index is 825. The zero-order valence-electron chi connectivity index (χ0n) is 15.9. The fraction of sp³-hybridized carbons (Fsp3) is 0.400. The number of amides is 2. The van der Waals surface area contributed by atoms with Gasteiger partial charge in [0.15, 0.2) is 11.5 Å². The van der Waals surface area contributed by atoms with Crippen molar-refractivity contribution < 1.29 is 4.79 Å². The van der Waals surface area contributed by atoms with E-state index in [1.54, 1.807) is 12.1 Å². The Morgan fingerprint density at radius 1 is 1.19 bits per heavy atom. The van der Waals surface area contributed by atoms with E-state index in [0.29, 0.717) is 31.2 Å². The van der Waals surface area contributed by atoms with E-state index >= 15 is 0 Å². The number of hydrogen-bond donors (Lipinski definition) is 1. The summed E-state index contributed by atoms with van der Waals surface area (Å²) in [6.45, 7) is 8.21. The summed E-state index contributed by atoms with van der Waals surface area (Å²) in [4.78, 5) is 16.5. The zero-order valence-corrected chi connectivity index (χ0v) is 15.9. The minimum atomic E-state index is -0.0929. The van der Waals surface area contributed by atoms with Crippen molar-refractivity contribution in [2.24, 2.45) is 0 Å². The van der Waals surface area contributed by atoms with Gasteiger partial charge in [0.25, 0.3) is 0 Å². The zero-order chi connectivity index (χ0) is 19.4. The highest BCUT2D eigenvalue weighted by atomic mass is 16.2. The van der Waals surface area contributed by atoms with Crippen LogP contribution in [0.2, 0.25) is 0 Å². The molecule has 3 rings (SSSR count). The van der Waals surface area contributed by atoms with Gasteiger partial charge >= 0.3 is 6.03 Å². The van der Waals surface area contributed by atoms with Crippen LogP contribution in [0.1, 0.15) is 37.9 Å². The van der Waals surface area contributed by atoms with Gasteiger partial charge in [-0.1, -0.05) is 26.0 Å². The second kappa shape index (κ2) is 8.04. The van der Waals surface area contributed by atoms with E-state index in [0.717, 1.165) is 11.5 Å². The van der Waals surface area contributed by atoms with Gasteiger partial charge in [0.1, 0.15) is 6.07 Å². The Kier molecular flexibility index (Phi) is 5.55. The molecule has 0 aliphatic carbocycles. The summed E-state index contributed by atoms with van der Waals surface area (Å²) in [5, 5.41) is 19.8. The highest BCUT2D eigenvalue weighted by Crippen LogP contribution is 2.20. The van der Waals surface area contributed by atoms with Crippen LogP contribution in [0.15, 0.2) is 36.4 Å². The first-order valence-electron chi connectivity index (χ1n) is 9.14. The van der Waals surface area contributed by atoms with Gasteiger partial charge in [-0.3, -0.25) is 0 Å². The van der Waals surface area contributed by atoms with Gasteiger partial charge in [-0.2, -0.15) is 5.26 Å². The van der Waals surface area contributed by atoms with Crippen LogP contribution in [0.25, 0.3) is 0 Å². The molecular formula is C20H24N6O. The highest BCUT2D eigenvalue weighted by molar-refractivity contribution is 5.89. The number of carbonyl (C=O) groups excluding carboxylic acids is 1. The van der Waals surface area contributed by atoms with Crippen LogP contribution in [-0.4, -0.2) is 46.8 Å². The molecule has 1 aliphatic heterocycles. The number of urea groups is 1. The quantitative estimate of drug-likeness (QED) is 0.904. The van der Waals surface area contributed by atoms with Crippen molar-refractivity contribution in [3.8, 4) is 6.07 Å². The number of rotatable bonds is 3. The molecular weight excluding hydrogens is 340 g/mol. The molecule has 7 nitrogen and oxygen atoms in total. The van der Waals surface area contributed by atoms with Crippen LogP contribution in [0.4, 0.5) is 16.3 Å². The lowest BCUT2D eigenvalue weighted by Crippen LogP contribution is -2.55. The summed E-state index contributed by atoms with van der Waals surface area (Å²) in [6, 6.07) is 13.4. The van der Waals surface area contributed by atoms with Gasteiger partial charge in [-0.05, 0) is 42.7 Å². The number of anilines is 2.